The average Bonchev–Trinajstić information content (AvgIpc) is 3.29. The molecule has 6 heteroatoms. The number of thioether (sulfide) groups is 1. The smallest absolute Gasteiger partial charge is 0.240 e. The van der Waals surface area contributed by atoms with E-state index >= 15 is 0 Å². The minimum Gasteiger partial charge on any atom is -0.339 e. The predicted molar refractivity (Wildman–Crippen MR) is 92.7 cm³/mol. The van der Waals surface area contributed by atoms with Gasteiger partial charge in [-0.15, -0.1) is 11.8 Å². The minimum atomic E-state index is -0.104. The third-order valence-corrected chi connectivity index (χ3v) is 6.07. The van der Waals surface area contributed by atoms with Gasteiger partial charge in [-0.1, -0.05) is 36.3 Å². The van der Waals surface area contributed by atoms with Crippen molar-refractivity contribution < 1.29 is 9.32 Å². The van der Waals surface area contributed by atoms with E-state index in [1.165, 1.54) is 11.1 Å². The SMILES string of the molecule is CCc1nc([C@@H]2CCCN2C(=O)[C@@H]2SCCc3ccccc32)no1. The Balaban J connectivity index is 1.60. The molecule has 0 spiro atoms. The number of likely N-dealkylation sites (tertiary alicyclic amines) is 1. The summed E-state index contributed by atoms with van der Waals surface area (Å²) in [6.07, 6.45) is 3.66. The highest BCUT2D eigenvalue weighted by Gasteiger charge is 2.38. The Morgan fingerprint density at radius 3 is 3.12 bits per heavy atom. The van der Waals surface area contributed by atoms with Crippen molar-refractivity contribution in [3.8, 4) is 0 Å². The monoisotopic (exact) mass is 343 g/mol. The van der Waals surface area contributed by atoms with Gasteiger partial charge in [0.05, 0.1) is 6.04 Å². The Labute approximate surface area is 145 Å². The number of amides is 1. The topological polar surface area (TPSA) is 59.2 Å². The fraction of sp³-hybridized carbons (Fsp3) is 0.500. The molecule has 2 aliphatic rings. The fourth-order valence-electron chi connectivity index (χ4n) is 3.60. The Hall–Kier alpha value is -1.82. The summed E-state index contributed by atoms with van der Waals surface area (Å²) < 4.78 is 5.25. The van der Waals surface area contributed by atoms with E-state index in [1.807, 2.05) is 17.9 Å². The number of hydrogen-bond acceptors (Lipinski definition) is 5. The minimum absolute atomic E-state index is 0.0451. The van der Waals surface area contributed by atoms with Crippen molar-refractivity contribution in [2.45, 2.75) is 43.9 Å². The molecule has 2 aromatic rings. The van der Waals surface area contributed by atoms with Crippen LogP contribution in [0.5, 0.6) is 0 Å². The molecule has 126 valence electrons. The lowest BCUT2D eigenvalue weighted by molar-refractivity contribution is -0.131. The summed E-state index contributed by atoms with van der Waals surface area (Å²) in [6.45, 7) is 2.77. The van der Waals surface area contributed by atoms with E-state index in [9.17, 15) is 4.79 Å². The van der Waals surface area contributed by atoms with E-state index in [2.05, 4.69) is 28.3 Å². The highest BCUT2D eigenvalue weighted by Crippen LogP contribution is 2.41. The van der Waals surface area contributed by atoms with Crippen LogP contribution in [0, 0.1) is 0 Å². The van der Waals surface area contributed by atoms with E-state index < -0.39 is 0 Å². The number of carbonyl (C=O) groups excluding carboxylic acids is 1. The van der Waals surface area contributed by atoms with Crippen LogP contribution in [-0.2, 0) is 17.6 Å². The van der Waals surface area contributed by atoms with Crippen LogP contribution in [0.15, 0.2) is 28.8 Å². The third-order valence-electron chi connectivity index (χ3n) is 4.84. The molecule has 0 radical (unpaired) electrons. The molecule has 1 saturated heterocycles. The van der Waals surface area contributed by atoms with Gasteiger partial charge in [-0.3, -0.25) is 4.79 Å². The molecule has 5 nitrogen and oxygen atoms in total. The Bertz CT molecular complexity index is 745. The van der Waals surface area contributed by atoms with Gasteiger partial charge >= 0.3 is 0 Å². The van der Waals surface area contributed by atoms with E-state index in [4.69, 9.17) is 4.52 Å². The van der Waals surface area contributed by atoms with Crippen LogP contribution < -0.4 is 0 Å². The van der Waals surface area contributed by atoms with Crippen LogP contribution in [0.25, 0.3) is 0 Å². The quantitative estimate of drug-likeness (QED) is 0.855. The molecule has 0 aliphatic carbocycles. The van der Waals surface area contributed by atoms with Crippen LogP contribution in [0.4, 0.5) is 0 Å². The number of nitrogens with zero attached hydrogens (tertiary/aromatic N) is 3. The van der Waals surface area contributed by atoms with E-state index in [0.29, 0.717) is 11.7 Å². The predicted octanol–water partition coefficient (Wildman–Crippen LogP) is 3.33. The van der Waals surface area contributed by atoms with Gasteiger partial charge < -0.3 is 9.42 Å². The second-order valence-corrected chi connectivity index (χ2v) is 7.50. The van der Waals surface area contributed by atoms with Crippen LogP contribution in [0.2, 0.25) is 0 Å². The van der Waals surface area contributed by atoms with Crippen molar-refractivity contribution in [3.63, 3.8) is 0 Å². The first kappa shape index (κ1) is 15.7. The number of fused-ring (bicyclic) bond motifs is 1. The van der Waals surface area contributed by atoms with Crippen molar-refractivity contribution in [1.29, 1.82) is 0 Å². The fourth-order valence-corrected chi connectivity index (χ4v) is 4.86. The normalized spacial score (nSPS) is 23.3. The first-order chi connectivity index (χ1) is 11.8. The molecule has 3 heterocycles. The largest absolute Gasteiger partial charge is 0.339 e. The second kappa shape index (κ2) is 6.59. The molecule has 0 saturated carbocycles. The van der Waals surface area contributed by atoms with Crippen LogP contribution in [-0.4, -0.2) is 33.2 Å². The summed E-state index contributed by atoms with van der Waals surface area (Å²) in [4.78, 5) is 19.7. The van der Waals surface area contributed by atoms with Crippen LogP contribution in [0.3, 0.4) is 0 Å². The Morgan fingerprint density at radius 1 is 1.42 bits per heavy atom. The summed E-state index contributed by atoms with van der Waals surface area (Å²) in [5.74, 6) is 2.49. The molecule has 4 rings (SSSR count). The lowest BCUT2D eigenvalue weighted by Gasteiger charge is -2.30. The lowest BCUT2D eigenvalue weighted by Crippen LogP contribution is -2.35. The van der Waals surface area contributed by atoms with Crippen molar-refractivity contribution in [2.75, 3.05) is 12.3 Å². The molecule has 1 fully saturated rings. The van der Waals surface area contributed by atoms with Crippen LogP contribution >= 0.6 is 11.8 Å². The lowest BCUT2D eigenvalue weighted by atomic mass is 10.0. The summed E-state index contributed by atoms with van der Waals surface area (Å²) in [5.41, 5.74) is 2.48. The number of hydrogen-bond donors (Lipinski definition) is 0. The standard InChI is InChI=1S/C18H21N3O2S/c1-2-15-19-17(20-23-15)14-8-5-10-21(14)18(22)16-13-7-4-3-6-12(13)9-11-24-16/h3-4,6-7,14,16H,2,5,8-11H2,1H3/t14-,16+/m0/s1. The van der Waals surface area contributed by atoms with Crippen molar-refractivity contribution in [1.82, 2.24) is 15.0 Å². The Morgan fingerprint density at radius 2 is 2.29 bits per heavy atom. The summed E-state index contributed by atoms with van der Waals surface area (Å²) in [7, 11) is 0. The number of aryl methyl sites for hydroxylation is 2. The molecule has 2 aliphatic heterocycles. The molecule has 24 heavy (non-hydrogen) atoms. The third kappa shape index (κ3) is 2.73. The van der Waals surface area contributed by atoms with Gasteiger partial charge in [-0.2, -0.15) is 4.98 Å². The van der Waals surface area contributed by atoms with E-state index in [1.54, 1.807) is 11.8 Å². The molecule has 1 aromatic carbocycles. The molecule has 1 amide bonds. The number of aromatic nitrogens is 2. The van der Waals surface area contributed by atoms with Gasteiger partial charge in [0.2, 0.25) is 11.8 Å². The first-order valence-corrected chi connectivity index (χ1v) is 9.65. The maximum absolute atomic E-state index is 13.2. The summed E-state index contributed by atoms with van der Waals surface area (Å²) in [6, 6.07) is 8.28. The van der Waals surface area contributed by atoms with Gasteiger partial charge in [0.1, 0.15) is 5.25 Å². The molecule has 2 atom stereocenters. The van der Waals surface area contributed by atoms with Crippen LogP contribution in [0.1, 0.15) is 53.9 Å². The van der Waals surface area contributed by atoms with Gasteiger partial charge in [0.15, 0.2) is 5.82 Å². The maximum atomic E-state index is 13.2. The van der Waals surface area contributed by atoms with Gasteiger partial charge in [0, 0.05) is 13.0 Å². The molecule has 1 aromatic heterocycles. The van der Waals surface area contributed by atoms with Crippen molar-refractivity contribution in [2.24, 2.45) is 0 Å². The summed E-state index contributed by atoms with van der Waals surface area (Å²) >= 11 is 1.75. The zero-order valence-corrected chi connectivity index (χ0v) is 14.6. The van der Waals surface area contributed by atoms with Gasteiger partial charge in [-0.05, 0) is 36.1 Å². The van der Waals surface area contributed by atoms with Crippen molar-refractivity contribution >= 4 is 17.7 Å². The zero-order chi connectivity index (χ0) is 16.5. The highest BCUT2D eigenvalue weighted by molar-refractivity contribution is 8.00. The Kier molecular flexibility index (Phi) is 4.31. The molecule has 0 bridgehead atoms. The van der Waals surface area contributed by atoms with E-state index in [-0.39, 0.29) is 17.2 Å². The molecular formula is C18H21N3O2S. The van der Waals surface area contributed by atoms with Crippen molar-refractivity contribution in [3.05, 3.63) is 47.1 Å². The number of rotatable bonds is 3. The molecular weight excluding hydrogens is 322 g/mol. The summed E-state index contributed by atoms with van der Waals surface area (Å²) in [5, 5.41) is 4.00. The number of carbonyl (C=O) groups is 1. The second-order valence-electron chi connectivity index (χ2n) is 6.29. The molecule has 0 unspecified atom stereocenters. The van der Waals surface area contributed by atoms with Gasteiger partial charge in [-0.25, -0.2) is 0 Å². The first-order valence-electron chi connectivity index (χ1n) is 8.60. The maximum Gasteiger partial charge on any atom is 0.240 e. The molecule has 0 N–H and O–H groups in total. The average molecular weight is 343 g/mol. The van der Waals surface area contributed by atoms with Gasteiger partial charge in [0.25, 0.3) is 0 Å². The highest BCUT2D eigenvalue weighted by atomic mass is 32.2. The van der Waals surface area contributed by atoms with E-state index in [0.717, 1.165) is 38.0 Å². The number of benzene rings is 1. The zero-order valence-electron chi connectivity index (χ0n) is 13.8.